The molecule has 1 aromatic heterocycles. The van der Waals surface area contributed by atoms with Crippen molar-refractivity contribution in [3.63, 3.8) is 0 Å². The minimum atomic E-state index is 0.344. The summed E-state index contributed by atoms with van der Waals surface area (Å²) >= 11 is 6.01. The maximum absolute atomic E-state index is 6.01. The molecule has 0 unspecified atom stereocenters. The van der Waals surface area contributed by atoms with Gasteiger partial charge in [0.05, 0.1) is 0 Å². The van der Waals surface area contributed by atoms with Gasteiger partial charge in [-0.3, -0.25) is 0 Å². The van der Waals surface area contributed by atoms with Gasteiger partial charge in [-0.1, -0.05) is 25.4 Å². The summed E-state index contributed by atoms with van der Waals surface area (Å²) in [7, 11) is 0. The van der Waals surface area contributed by atoms with Crippen LogP contribution in [0, 0.1) is 13.8 Å². The third-order valence-electron chi connectivity index (χ3n) is 3.01. The highest BCUT2D eigenvalue weighted by atomic mass is 35.5. The molecule has 0 fully saturated rings. The molecule has 1 heterocycles. The highest BCUT2D eigenvalue weighted by molar-refractivity contribution is 6.30. The number of aryl methyl sites for hydroxylation is 2. The van der Waals surface area contributed by atoms with Crippen molar-refractivity contribution in [1.82, 2.24) is 15.3 Å². The predicted molar refractivity (Wildman–Crippen MR) is 85.0 cm³/mol. The quantitative estimate of drug-likeness (QED) is 0.905. The minimum absolute atomic E-state index is 0.344. The smallest absolute Gasteiger partial charge is 0.321 e. The summed E-state index contributed by atoms with van der Waals surface area (Å²) in [6, 6.07) is 4.51. The van der Waals surface area contributed by atoms with Gasteiger partial charge < -0.3 is 10.1 Å². The Hall–Kier alpha value is -1.65. The highest BCUT2D eigenvalue weighted by Crippen LogP contribution is 2.29. The molecule has 0 radical (unpaired) electrons. The standard InChI is InChI=1S/C16H20ClN3O/c1-10(2)18-7-13-8-19-16(20-9-13)21-15-11(3)5-14(17)6-12(15)4/h5-6,8-10,18H,7H2,1-4H3. The van der Waals surface area contributed by atoms with Crippen LogP contribution in [-0.2, 0) is 6.54 Å². The minimum Gasteiger partial charge on any atom is -0.424 e. The highest BCUT2D eigenvalue weighted by Gasteiger charge is 2.09. The first-order chi connectivity index (χ1) is 9.95. The Morgan fingerprint density at radius 3 is 2.24 bits per heavy atom. The van der Waals surface area contributed by atoms with Gasteiger partial charge in [0.15, 0.2) is 0 Å². The van der Waals surface area contributed by atoms with Crippen LogP contribution in [0.15, 0.2) is 24.5 Å². The van der Waals surface area contributed by atoms with Crippen LogP contribution in [0.3, 0.4) is 0 Å². The fraction of sp³-hybridized carbons (Fsp3) is 0.375. The first-order valence-corrected chi connectivity index (χ1v) is 7.32. The summed E-state index contributed by atoms with van der Waals surface area (Å²) in [6.07, 6.45) is 3.55. The van der Waals surface area contributed by atoms with E-state index in [-0.39, 0.29) is 0 Å². The topological polar surface area (TPSA) is 47.0 Å². The van der Waals surface area contributed by atoms with Gasteiger partial charge in [-0.2, -0.15) is 0 Å². The van der Waals surface area contributed by atoms with Crippen LogP contribution < -0.4 is 10.1 Å². The Bertz CT molecular complexity index is 588. The van der Waals surface area contributed by atoms with Crippen LogP contribution in [0.5, 0.6) is 11.8 Å². The van der Waals surface area contributed by atoms with Crippen LogP contribution >= 0.6 is 11.6 Å². The van der Waals surface area contributed by atoms with Gasteiger partial charge in [-0.05, 0) is 37.1 Å². The SMILES string of the molecule is Cc1cc(Cl)cc(C)c1Oc1ncc(CNC(C)C)cn1. The Labute approximate surface area is 130 Å². The average Bonchev–Trinajstić information content (AvgIpc) is 2.41. The number of nitrogens with zero attached hydrogens (tertiary/aromatic N) is 2. The lowest BCUT2D eigenvalue weighted by Gasteiger charge is -2.11. The molecule has 2 aromatic rings. The molecule has 0 aliphatic heterocycles. The first kappa shape index (κ1) is 15.7. The van der Waals surface area contributed by atoms with E-state index < -0.39 is 0 Å². The van der Waals surface area contributed by atoms with E-state index in [1.807, 2.05) is 26.0 Å². The Morgan fingerprint density at radius 2 is 1.71 bits per heavy atom. The molecule has 21 heavy (non-hydrogen) atoms. The zero-order valence-electron chi connectivity index (χ0n) is 12.8. The molecule has 0 spiro atoms. The van der Waals surface area contributed by atoms with Crippen LogP contribution in [-0.4, -0.2) is 16.0 Å². The lowest BCUT2D eigenvalue weighted by Crippen LogP contribution is -2.21. The maximum atomic E-state index is 6.01. The second-order valence-electron chi connectivity index (χ2n) is 5.38. The first-order valence-electron chi connectivity index (χ1n) is 6.94. The third-order valence-corrected chi connectivity index (χ3v) is 3.23. The number of hydrogen-bond donors (Lipinski definition) is 1. The number of benzene rings is 1. The fourth-order valence-corrected chi connectivity index (χ4v) is 2.29. The largest absolute Gasteiger partial charge is 0.424 e. The van der Waals surface area contributed by atoms with E-state index in [0.29, 0.717) is 17.1 Å². The van der Waals surface area contributed by atoms with Gasteiger partial charge in [-0.15, -0.1) is 0 Å². The number of ether oxygens (including phenoxy) is 1. The maximum Gasteiger partial charge on any atom is 0.321 e. The van der Waals surface area contributed by atoms with E-state index in [2.05, 4.69) is 29.1 Å². The van der Waals surface area contributed by atoms with Crippen LogP contribution in [0.25, 0.3) is 0 Å². The number of nitrogens with one attached hydrogen (secondary N) is 1. The number of halogens is 1. The molecule has 5 heteroatoms. The van der Waals surface area contributed by atoms with Gasteiger partial charge in [0.2, 0.25) is 0 Å². The molecule has 0 bridgehead atoms. The van der Waals surface area contributed by atoms with Crippen molar-refractivity contribution in [2.45, 2.75) is 40.3 Å². The molecule has 1 aromatic carbocycles. The Morgan fingerprint density at radius 1 is 1.14 bits per heavy atom. The van der Waals surface area contributed by atoms with Gasteiger partial charge in [0.1, 0.15) is 5.75 Å². The fourth-order valence-electron chi connectivity index (χ4n) is 1.96. The van der Waals surface area contributed by atoms with Crippen molar-refractivity contribution in [2.75, 3.05) is 0 Å². The van der Waals surface area contributed by atoms with E-state index in [0.717, 1.165) is 29.0 Å². The van der Waals surface area contributed by atoms with Crippen molar-refractivity contribution in [2.24, 2.45) is 0 Å². The molecule has 0 amide bonds. The molecule has 0 saturated heterocycles. The molecule has 0 aliphatic rings. The molecule has 112 valence electrons. The zero-order chi connectivity index (χ0) is 15.4. The van der Waals surface area contributed by atoms with Crippen LogP contribution in [0.1, 0.15) is 30.5 Å². The number of rotatable bonds is 5. The molecule has 2 rings (SSSR count). The van der Waals surface area contributed by atoms with Gasteiger partial charge in [0, 0.05) is 35.6 Å². The van der Waals surface area contributed by atoms with E-state index in [1.54, 1.807) is 12.4 Å². The van der Waals surface area contributed by atoms with E-state index in [4.69, 9.17) is 16.3 Å². The van der Waals surface area contributed by atoms with Crippen molar-refractivity contribution < 1.29 is 4.74 Å². The number of aromatic nitrogens is 2. The van der Waals surface area contributed by atoms with Crippen LogP contribution in [0.2, 0.25) is 5.02 Å². The summed E-state index contributed by atoms with van der Waals surface area (Å²) < 4.78 is 5.77. The lowest BCUT2D eigenvalue weighted by atomic mass is 10.1. The summed E-state index contributed by atoms with van der Waals surface area (Å²) in [4.78, 5) is 8.50. The van der Waals surface area contributed by atoms with Crippen molar-refractivity contribution in [3.8, 4) is 11.8 Å². The number of hydrogen-bond acceptors (Lipinski definition) is 4. The second kappa shape index (κ2) is 6.87. The lowest BCUT2D eigenvalue weighted by molar-refractivity contribution is 0.434. The van der Waals surface area contributed by atoms with E-state index >= 15 is 0 Å². The molecule has 0 aliphatic carbocycles. The monoisotopic (exact) mass is 305 g/mol. The third kappa shape index (κ3) is 4.41. The van der Waals surface area contributed by atoms with Crippen molar-refractivity contribution >= 4 is 11.6 Å². The zero-order valence-corrected chi connectivity index (χ0v) is 13.5. The van der Waals surface area contributed by atoms with Crippen molar-refractivity contribution in [3.05, 3.63) is 46.2 Å². The van der Waals surface area contributed by atoms with Gasteiger partial charge >= 0.3 is 6.01 Å². The summed E-state index contributed by atoms with van der Waals surface area (Å²) in [5.41, 5.74) is 2.96. The Kier molecular flexibility index (Phi) is 5.15. The van der Waals surface area contributed by atoms with Crippen LogP contribution in [0.4, 0.5) is 0 Å². The van der Waals surface area contributed by atoms with Gasteiger partial charge in [0.25, 0.3) is 0 Å². The van der Waals surface area contributed by atoms with E-state index in [9.17, 15) is 0 Å². The van der Waals surface area contributed by atoms with Gasteiger partial charge in [-0.25, -0.2) is 9.97 Å². The molecule has 0 saturated carbocycles. The van der Waals surface area contributed by atoms with Crippen molar-refractivity contribution in [1.29, 1.82) is 0 Å². The average molecular weight is 306 g/mol. The van der Waals surface area contributed by atoms with E-state index in [1.165, 1.54) is 0 Å². The Balaban J connectivity index is 2.10. The predicted octanol–water partition coefficient (Wildman–Crippen LogP) is 4.04. The molecular weight excluding hydrogens is 286 g/mol. The summed E-state index contributed by atoms with van der Waals surface area (Å²) in [6.45, 7) is 8.86. The summed E-state index contributed by atoms with van der Waals surface area (Å²) in [5.74, 6) is 0.757. The summed E-state index contributed by atoms with van der Waals surface area (Å²) in [5, 5.41) is 4.02. The molecule has 0 atom stereocenters. The normalized spacial score (nSPS) is 11.0. The molecule has 1 N–H and O–H groups in total. The second-order valence-corrected chi connectivity index (χ2v) is 5.82. The molecule has 4 nitrogen and oxygen atoms in total. The molecular formula is C16H20ClN3O.